The number of furan rings is 1. The topological polar surface area (TPSA) is 26.0 Å². The van der Waals surface area contributed by atoms with Gasteiger partial charge in [-0.05, 0) is 18.2 Å². The first-order valence-electron chi connectivity index (χ1n) is 7.26. The molecular formula is C19H10ClNOS. The molecule has 2 nitrogen and oxygen atoms in total. The van der Waals surface area contributed by atoms with E-state index in [0.29, 0.717) is 5.02 Å². The highest BCUT2D eigenvalue weighted by Crippen LogP contribution is 2.38. The smallest absolute Gasteiger partial charge is 0.137 e. The first-order valence-corrected chi connectivity index (χ1v) is 8.46. The maximum absolute atomic E-state index is 6.36. The van der Waals surface area contributed by atoms with Crippen LogP contribution in [0.3, 0.4) is 0 Å². The standard InChI is InChI=1S/C19H10ClNOS/c20-13-7-4-8-15-18(13)12-9-17-14(10-16(12)22-15)21-19(23-17)11-5-2-1-3-6-11/h1-10H. The van der Waals surface area contributed by atoms with E-state index in [1.54, 1.807) is 11.3 Å². The number of rotatable bonds is 1. The number of nitrogens with zero attached hydrogens (tertiary/aromatic N) is 1. The maximum Gasteiger partial charge on any atom is 0.137 e. The summed E-state index contributed by atoms with van der Waals surface area (Å²) in [4.78, 5) is 4.75. The van der Waals surface area contributed by atoms with Crippen LogP contribution in [-0.2, 0) is 0 Å². The van der Waals surface area contributed by atoms with E-state index in [1.807, 2.05) is 42.5 Å². The normalized spacial score (nSPS) is 11.7. The lowest BCUT2D eigenvalue weighted by Gasteiger charge is -1.92. The molecule has 5 rings (SSSR count). The summed E-state index contributed by atoms with van der Waals surface area (Å²) in [7, 11) is 0. The van der Waals surface area contributed by atoms with Gasteiger partial charge in [0.1, 0.15) is 16.2 Å². The van der Waals surface area contributed by atoms with Crippen molar-refractivity contribution in [1.82, 2.24) is 4.98 Å². The van der Waals surface area contributed by atoms with E-state index in [1.165, 1.54) is 0 Å². The predicted octanol–water partition coefficient (Wildman–Crippen LogP) is 6.52. The number of aromatic nitrogens is 1. The Hall–Kier alpha value is -2.36. The van der Waals surface area contributed by atoms with E-state index in [-0.39, 0.29) is 0 Å². The Morgan fingerprint density at radius 3 is 2.65 bits per heavy atom. The molecule has 5 aromatic rings. The Morgan fingerprint density at radius 2 is 1.78 bits per heavy atom. The quantitative estimate of drug-likeness (QED) is 0.348. The molecular weight excluding hydrogens is 326 g/mol. The van der Waals surface area contributed by atoms with Crippen molar-refractivity contribution in [2.75, 3.05) is 0 Å². The van der Waals surface area contributed by atoms with Crippen LogP contribution >= 0.6 is 22.9 Å². The number of hydrogen-bond donors (Lipinski definition) is 0. The minimum absolute atomic E-state index is 0.716. The lowest BCUT2D eigenvalue weighted by atomic mass is 10.1. The van der Waals surface area contributed by atoms with Crippen molar-refractivity contribution in [3.63, 3.8) is 0 Å². The van der Waals surface area contributed by atoms with Crippen molar-refractivity contribution in [2.45, 2.75) is 0 Å². The Balaban J connectivity index is 1.82. The van der Waals surface area contributed by atoms with E-state index in [0.717, 1.165) is 42.7 Å². The van der Waals surface area contributed by atoms with Crippen LogP contribution in [0.15, 0.2) is 65.1 Å². The van der Waals surface area contributed by atoms with Gasteiger partial charge in [-0.2, -0.15) is 0 Å². The molecule has 0 radical (unpaired) electrons. The summed E-state index contributed by atoms with van der Waals surface area (Å²) in [5.74, 6) is 0. The zero-order chi connectivity index (χ0) is 15.4. The van der Waals surface area contributed by atoms with E-state index in [2.05, 4.69) is 18.2 Å². The van der Waals surface area contributed by atoms with Gasteiger partial charge in [-0.25, -0.2) is 4.98 Å². The molecule has 0 aliphatic heterocycles. The maximum atomic E-state index is 6.36. The number of benzene rings is 3. The Labute approximate surface area is 140 Å². The molecule has 0 aliphatic rings. The summed E-state index contributed by atoms with van der Waals surface area (Å²) < 4.78 is 7.07. The second-order valence-corrected chi connectivity index (χ2v) is 6.85. The minimum Gasteiger partial charge on any atom is -0.456 e. The van der Waals surface area contributed by atoms with Crippen LogP contribution < -0.4 is 0 Å². The van der Waals surface area contributed by atoms with E-state index >= 15 is 0 Å². The minimum atomic E-state index is 0.716. The van der Waals surface area contributed by atoms with Gasteiger partial charge in [0, 0.05) is 22.4 Å². The SMILES string of the molecule is Clc1cccc2oc3cc4nc(-c5ccccc5)sc4cc3c12. The fourth-order valence-corrected chi connectivity index (χ4v) is 4.17. The van der Waals surface area contributed by atoms with Crippen molar-refractivity contribution in [1.29, 1.82) is 0 Å². The third-order valence-electron chi connectivity index (χ3n) is 3.98. The van der Waals surface area contributed by atoms with Crippen molar-refractivity contribution >= 4 is 55.1 Å². The first-order chi connectivity index (χ1) is 11.3. The second-order valence-electron chi connectivity index (χ2n) is 5.42. The molecule has 4 heteroatoms. The molecule has 0 aliphatic carbocycles. The molecule has 0 fully saturated rings. The highest BCUT2D eigenvalue weighted by atomic mass is 35.5. The Bertz CT molecular complexity index is 1170. The summed E-state index contributed by atoms with van der Waals surface area (Å²) in [6.45, 7) is 0. The predicted molar refractivity (Wildman–Crippen MR) is 97.3 cm³/mol. The third-order valence-corrected chi connectivity index (χ3v) is 5.36. The van der Waals surface area contributed by atoms with Gasteiger partial charge in [0.05, 0.1) is 15.2 Å². The monoisotopic (exact) mass is 335 g/mol. The van der Waals surface area contributed by atoms with Crippen LogP contribution in [0.1, 0.15) is 0 Å². The highest BCUT2D eigenvalue weighted by molar-refractivity contribution is 7.21. The molecule has 0 unspecified atom stereocenters. The molecule has 3 aromatic carbocycles. The molecule has 2 heterocycles. The van der Waals surface area contributed by atoms with Crippen molar-refractivity contribution in [3.05, 3.63) is 65.7 Å². The average molecular weight is 336 g/mol. The van der Waals surface area contributed by atoms with Crippen molar-refractivity contribution in [2.24, 2.45) is 0 Å². The average Bonchev–Trinajstić information content (AvgIpc) is 3.14. The lowest BCUT2D eigenvalue weighted by Crippen LogP contribution is -1.73. The lowest BCUT2D eigenvalue weighted by molar-refractivity contribution is 0.669. The van der Waals surface area contributed by atoms with Crippen LogP contribution in [-0.4, -0.2) is 4.98 Å². The fourth-order valence-electron chi connectivity index (χ4n) is 2.91. The van der Waals surface area contributed by atoms with Crippen molar-refractivity contribution in [3.8, 4) is 10.6 Å². The molecule has 0 atom stereocenters. The Kier molecular flexibility index (Phi) is 2.75. The van der Waals surface area contributed by atoms with Gasteiger partial charge >= 0.3 is 0 Å². The molecule has 23 heavy (non-hydrogen) atoms. The summed E-state index contributed by atoms with van der Waals surface area (Å²) in [5.41, 5.74) is 3.73. The second kappa shape index (κ2) is 4.82. The molecule has 0 saturated carbocycles. The molecule has 0 saturated heterocycles. The van der Waals surface area contributed by atoms with Gasteiger partial charge in [0.15, 0.2) is 0 Å². The van der Waals surface area contributed by atoms with Crippen molar-refractivity contribution < 1.29 is 4.42 Å². The molecule has 2 aromatic heterocycles. The third kappa shape index (κ3) is 1.97. The summed E-state index contributed by atoms with van der Waals surface area (Å²) in [6, 6.07) is 20.1. The first kappa shape index (κ1) is 13.1. The number of hydrogen-bond acceptors (Lipinski definition) is 3. The van der Waals surface area contributed by atoms with Crippen LogP contribution in [0.25, 0.3) is 42.7 Å². The van der Waals surface area contributed by atoms with Gasteiger partial charge in [-0.15, -0.1) is 11.3 Å². The van der Waals surface area contributed by atoms with E-state index in [9.17, 15) is 0 Å². The molecule has 0 N–H and O–H groups in total. The van der Waals surface area contributed by atoms with Gasteiger partial charge in [0.2, 0.25) is 0 Å². The zero-order valence-corrected chi connectivity index (χ0v) is 13.5. The number of thiazole rings is 1. The highest BCUT2D eigenvalue weighted by Gasteiger charge is 2.13. The largest absolute Gasteiger partial charge is 0.456 e. The summed E-state index contributed by atoms with van der Waals surface area (Å²) in [6.07, 6.45) is 0. The summed E-state index contributed by atoms with van der Waals surface area (Å²) >= 11 is 8.04. The zero-order valence-electron chi connectivity index (χ0n) is 11.9. The van der Waals surface area contributed by atoms with Crippen LogP contribution in [0.2, 0.25) is 5.02 Å². The molecule has 0 bridgehead atoms. The number of fused-ring (bicyclic) bond motifs is 4. The molecule has 110 valence electrons. The van der Waals surface area contributed by atoms with Gasteiger partial charge in [0.25, 0.3) is 0 Å². The Morgan fingerprint density at radius 1 is 0.913 bits per heavy atom. The van der Waals surface area contributed by atoms with Crippen LogP contribution in [0, 0.1) is 0 Å². The van der Waals surface area contributed by atoms with E-state index < -0.39 is 0 Å². The fraction of sp³-hybridized carbons (Fsp3) is 0. The van der Waals surface area contributed by atoms with Gasteiger partial charge in [-0.3, -0.25) is 0 Å². The molecule has 0 amide bonds. The van der Waals surface area contributed by atoms with Gasteiger partial charge < -0.3 is 4.42 Å². The number of halogens is 1. The molecule has 0 spiro atoms. The van der Waals surface area contributed by atoms with Crippen LogP contribution in [0.5, 0.6) is 0 Å². The summed E-state index contributed by atoms with van der Waals surface area (Å²) in [5, 5.41) is 3.75. The van der Waals surface area contributed by atoms with E-state index in [4.69, 9.17) is 21.0 Å². The van der Waals surface area contributed by atoms with Gasteiger partial charge in [-0.1, -0.05) is 48.0 Å². The van der Waals surface area contributed by atoms with Crippen LogP contribution in [0.4, 0.5) is 0 Å².